The van der Waals surface area contributed by atoms with Crippen molar-refractivity contribution in [2.24, 2.45) is 0 Å². The molecule has 156 valence electrons. The molecule has 3 heterocycles. The molecule has 9 heteroatoms. The number of thiophene rings is 1. The standard InChI is InChI=1S/C21H21F2N5OS/c22-16-11-15(12-17(23)13-16)19-20(25-5-4-18-3-1-10-30-18)26-21(29)28(19)8-2-7-27-9-6-24-14-27/h1,3,6,9-14,25H,2,4-5,7-8H2,(H,26,29). The van der Waals surface area contributed by atoms with Gasteiger partial charge in [-0.15, -0.1) is 11.3 Å². The van der Waals surface area contributed by atoms with Crippen molar-refractivity contribution in [3.05, 3.63) is 81.4 Å². The molecule has 0 aliphatic rings. The van der Waals surface area contributed by atoms with E-state index in [4.69, 9.17) is 0 Å². The van der Waals surface area contributed by atoms with Crippen LogP contribution in [0.15, 0.2) is 59.2 Å². The van der Waals surface area contributed by atoms with Crippen LogP contribution in [0.2, 0.25) is 0 Å². The monoisotopic (exact) mass is 429 g/mol. The summed E-state index contributed by atoms with van der Waals surface area (Å²) in [6.45, 7) is 1.66. The average molecular weight is 429 g/mol. The molecule has 0 amide bonds. The lowest BCUT2D eigenvalue weighted by Crippen LogP contribution is -2.18. The van der Waals surface area contributed by atoms with E-state index < -0.39 is 11.6 Å². The Labute approximate surface area is 175 Å². The van der Waals surface area contributed by atoms with Crippen LogP contribution in [0.3, 0.4) is 0 Å². The van der Waals surface area contributed by atoms with Crippen LogP contribution in [0.5, 0.6) is 0 Å². The summed E-state index contributed by atoms with van der Waals surface area (Å²) in [6.07, 6.45) is 6.69. The lowest BCUT2D eigenvalue weighted by molar-refractivity contribution is 0.555. The Bertz CT molecular complexity index is 1130. The van der Waals surface area contributed by atoms with Gasteiger partial charge in [-0.25, -0.2) is 18.6 Å². The Hall–Kier alpha value is -3.20. The predicted octanol–water partition coefficient (Wildman–Crippen LogP) is 4.12. The number of aryl methyl sites for hydroxylation is 1. The molecule has 30 heavy (non-hydrogen) atoms. The highest BCUT2D eigenvalue weighted by molar-refractivity contribution is 7.09. The van der Waals surface area contributed by atoms with E-state index in [1.807, 2.05) is 28.3 Å². The summed E-state index contributed by atoms with van der Waals surface area (Å²) in [7, 11) is 0. The molecule has 0 bridgehead atoms. The molecule has 0 saturated carbocycles. The zero-order chi connectivity index (χ0) is 20.9. The average Bonchev–Trinajstić information content (AvgIpc) is 3.44. The molecule has 0 unspecified atom stereocenters. The van der Waals surface area contributed by atoms with Crippen LogP contribution in [0.4, 0.5) is 14.6 Å². The lowest BCUT2D eigenvalue weighted by Gasteiger charge is -2.12. The van der Waals surface area contributed by atoms with Gasteiger partial charge in [0.15, 0.2) is 0 Å². The summed E-state index contributed by atoms with van der Waals surface area (Å²) in [5.74, 6) is -0.912. The van der Waals surface area contributed by atoms with Gasteiger partial charge < -0.3 is 9.88 Å². The largest absolute Gasteiger partial charge is 0.369 e. The molecule has 0 aliphatic heterocycles. The number of H-pyrrole nitrogens is 1. The van der Waals surface area contributed by atoms with Gasteiger partial charge in [-0.1, -0.05) is 6.07 Å². The Balaban J connectivity index is 1.60. The number of aromatic amines is 1. The fraction of sp³-hybridized carbons (Fsp3) is 0.238. The van der Waals surface area contributed by atoms with Crippen molar-refractivity contribution in [2.45, 2.75) is 25.9 Å². The van der Waals surface area contributed by atoms with Crippen LogP contribution < -0.4 is 11.0 Å². The number of anilines is 1. The fourth-order valence-corrected chi connectivity index (χ4v) is 4.11. The van der Waals surface area contributed by atoms with Gasteiger partial charge in [0.2, 0.25) is 0 Å². The van der Waals surface area contributed by atoms with E-state index in [9.17, 15) is 13.6 Å². The van der Waals surface area contributed by atoms with Crippen LogP contribution in [0, 0.1) is 11.6 Å². The molecule has 0 spiro atoms. The third-order valence-electron chi connectivity index (χ3n) is 4.73. The number of nitrogens with zero attached hydrogens (tertiary/aromatic N) is 3. The van der Waals surface area contributed by atoms with E-state index in [1.165, 1.54) is 21.6 Å². The summed E-state index contributed by atoms with van der Waals surface area (Å²) in [6, 6.07) is 7.32. The molecule has 2 N–H and O–H groups in total. The SMILES string of the molecule is O=c1[nH]c(NCCc2cccs2)c(-c2cc(F)cc(F)c2)n1CCCn1ccnc1. The molecule has 0 fully saturated rings. The highest BCUT2D eigenvalue weighted by atomic mass is 32.1. The van der Waals surface area contributed by atoms with Gasteiger partial charge in [0.1, 0.15) is 17.5 Å². The molecule has 0 radical (unpaired) electrons. The quantitative estimate of drug-likeness (QED) is 0.421. The van der Waals surface area contributed by atoms with Crippen molar-refractivity contribution in [1.82, 2.24) is 19.1 Å². The van der Waals surface area contributed by atoms with Crippen LogP contribution in [-0.4, -0.2) is 25.6 Å². The number of hydrogen-bond donors (Lipinski definition) is 2. The first-order chi connectivity index (χ1) is 14.6. The number of rotatable bonds is 9. The van der Waals surface area contributed by atoms with Gasteiger partial charge in [0.05, 0.1) is 12.0 Å². The minimum absolute atomic E-state index is 0.312. The molecule has 1 aromatic carbocycles. The first kappa shape index (κ1) is 20.1. The smallest absolute Gasteiger partial charge is 0.327 e. The van der Waals surface area contributed by atoms with E-state index >= 15 is 0 Å². The van der Waals surface area contributed by atoms with E-state index in [2.05, 4.69) is 15.3 Å². The van der Waals surface area contributed by atoms with E-state index in [0.29, 0.717) is 43.1 Å². The molecule has 3 aromatic heterocycles. The van der Waals surface area contributed by atoms with Crippen LogP contribution in [0.25, 0.3) is 11.3 Å². The van der Waals surface area contributed by atoms with Crippen molar-refractivity contribution < 1.29 is 8.78 Å². The maximum Gasteiger partial charge on any atom is 0.327 e. The van der Waals surface area contributed by atoms with Crippen molar-refractivity contribution in [2.75, 3.05) is 11.9 Å². The number of imidazole rings is 2. The Morgan fingerprint density at radius 3 is 2.70 bits per heavy atom. The zero-order valence-corrected chi connectivity index (χ0v) is 17.0. The maximum absolute atomic E-state index is 13.9. The second-order valence-electron chi connectivity index (χ2n) is 6.87. The van der Waals surface area contributed by atoms with Crippen LogP contribution in [0.1, 0.15) is 11.3 Å². The third-order valence-corrected chi connectivity index (χ3v) is 5.67. The normalized spacial score (nSPS) is 11.1. The highest BCUT2D eigenvalue weighted by Crippen LogP contribution is 2.27. The number of benzene rings is 1. The summed E-state index contributed by atoms with van der Waals surface area (Å²) >= 11 is 1.66. The molecular weight excluding hydrogens is 408 g/mol. The molecule has 4 rings (SSSR count). The Morgan fingerprint density at radius 1 is 1.17 bits per heavy atom. The first-order valence-electron chi connectivity index (χ1n) is 9.61. The lowest BCUT2D eigenvalue weighted by atomic mass is 10.1. The molecular formula is C21H21F2N5OS. The topological polar surface area (TPSA) is 67.6 Å². The minimum atomic E-state index is -0.687. The van der Waals surface area contributed by atoms with Crippen LogP contribution >= 0.6 is 11.3 Å². The van der Waals surface area contributed by atoms with Crippen molar-refractivity contribution >= 4 is 17.2 Å². The zero-order valence-electron chi connectivity index (χ0n) is 16.1. The summed E-state index contributed by atoms with van der Waals surface area (Å²) in [5, 5.41) is 5.23. The number of hydrogen-bond acceptors (Lipinski definition) is 4. The van der Waals surface area contributed by atoms with E-state index in [1.54, 1.807) is 23.9 Å². The van der Waals surface area contributed by atoms with Gasteiger partial charge >= 0.3 is 5.69 Å². The number of halogens is 2. The molecule has 0 saturated heterocycles. The van der Waals surface area contributed by atoms with Crippen molar-refractivity contribution in [1.29, 1.82) is 0 Å². The second-order valence-corrected chi connectivity index (χ2v) is 7.91. The van der Waals surface area contributed by atoms with Gasteiger partial charge in [-0.3, -0.25) is 9.55 Å². The van der Waals surface area contributed by atoms with Crippen molar-refractivity contribution in [3.8, 4) is 11.3 Å². The van der Waals surface area contributed by atoms with Gasteiger partial charge in [0.25, 0.3) is 0 Å². The number of aromatic nitrogens is 4. The van der Waals surface area contributed by atoms with Gasteiger partial charge in [-0.05, 0) is 36.4 Å². The summed E-state index contributed by atoms with van der Waals surface area (Å²) < 4.78 is 31.2. The summed E-state index contributed by atoms with van der Waals surface area (Å²) in [5.41, 5.74) is 0.446. The van der Waals surface area contributed by atoms with E-state index in [-0.39, 0.29) is 5.69 Å². The molecule has 6 nitrogen and oxygen atoms in total. The van der Waals surface area contributed by atoms with Crippen molar-refractivity contribution in [3.63, 3.8) is 0 Å². The second kappa shape index (κ2) is 9.08. The molecule has 0 atom stereocenters. The molecule has 4 aromatic rings. The van der Waals surface area contributed by atoms with Gasteiger partial charge in [-0.2, -0.15) is 0 Å². The van der Waals surface area contributed by atoms with Crippen LogP contribution in [-0.2, 0) is 19.5 Å². The fourth-order valence-electron chi connectivity index (χ4n) is 3.40. The molecule has 0 aliphatic carbocycles. The summed E-state index contributed by atoms with van der Waals surface area (Å²) in [4.78, 5) is 20.7. The van der Waals surface area contributed by atoms with Gasteiger partial charge in [0, 0.05) is 48.5 Å². The Morgan fingerprint density at radius 2 is 2.00 bits per heavy atom. The first-order valence-corrected chi connectivity index (χ1v) is 10.5. The Kier molecular flexibility index (Phi) is 6.08. The number of nitrogens with one attached hydrogen (secondary N) is 2. The predicted molar refractivity (Wildman–Crippen MR) is 114 cm³/mol. The van der Waals surface area contributed by atoms with E-state index in [0.717, 1.165) is 12.5 Å². The third kappa shape index (κ3) is 4.68. The highest BCUT2D eigenvalue weighted by Gasteiger charge is 2.17. The maximum atomic E-state index is 13.9. The minimum Gasteiger partial charge on any atom is -0.369 e.